The molecule has 1 aromatic heterocycles. The lowest BCUT2D eigenvalue weighted by molar-refractivity contribution is -0.274. The summed E-state index contributed by atoms with van der Waals surface area (Å²) in [4.78, 5) is 8.59. The van der Waals surface area contributed by atoms with Crippen LogP contribution in [-0.2, 0) is 13.0 Å². The van der Waals surface area contributed by atoms with Gasteiger partial charge in [0.2, 0.25) is 5.89 Å². The molecule has 30 heavy (non-hydrogen) atoms. The second-order valence-corrected chi connectivity index (χ2v) is 6.30. The third-order valence-corrected chi connectivity index (χ3v) is 4.10. The van der Waals surface area contributed by atoms with E-state index < -0.39 is 6.36 Å². The molecule has 0 aliphatic heterocycles. The molecular formula is C21H21F3N4O2. The van der Waals surface area contributed by atoms with Gasteiger partial charge in [-0.1, -0.05) is 30.3 Å². The standard InChI is InChI=1S/C21H21F3N4O2/c1-25-20(26-12-11-15-7-9-18(10-8-15)30-21(22,23)24)27-13-17-14-29-19(28-17)16-5-3-2-4-6-16/h2-10,14H,11-13H2,1H3,(H2,25,26,27). The Hall–Kier alpha value is -3.49. The van der Waals surface area contributed by atoms with Gasteiger partial charge in [0.25, 0.3) is 0 Å². The van der Waals surface area contributed by atoms with Crippen molar-refractivity contribution in [3.05, 3.63) is 72.1 Å². The molecule has 3 rings (SSSR count). The molecule has 0 spiro atoms. The van der Waals surface area contributed by atoms with Crippen LogP contribution in [0.5, 0.6) is 5.75 Å². The van der Waals surface area contributed by atoms with Gasteiger partial charge < -0.3 is 19.8 Å². The Kier molecular flexibility index (Phi) is 6.95. The summed E-state index contributed by atoms with van der Waals surface area (Å²) in [5.41, 5.74) is 2.51. The van der Waals surface area contributed by atoms with Gasteiger partial charge in [-0.15, -0.1) is 13.2 Å². The lowest BCUT2D eigenvalue weighted by atomic mass is 10.1. The number of oxazole rings is 1. The van der Waals surface area contributed by atoms with Crippen molar-refractivity contribution < 1.29 is 22.3 Å². The van der Waals surface area contributed by atoms with Crippen molar-refractivity contribution in [3.8, 4) is 17.2 Å². The van der Waals surface area contributed by atoms with Crippen molar-refractivity contribution >= 4 is 5.96 Å². The van der Waals surface area contributed by atoms with E-state index in [1.54, 1.807) is 25.4 Å². The number of aliphatic imine (C=N–C) groups is 1. The maximum atomic E-state index is 12.2. The summed E-state index contributed by atoms with van der Waals surface area (Å²) >= 11 is 0. The van der Waals surface area contributed by atoms with Gasteiger partial charge in [0.05, 0.1) is 12.2 Å². The number of halogens is 3. The largest absolute Gasteiger partial charge is 0.573 e. The lowest BCUT2D eigenvalue weighted by Crippen LogP contribution is -2.37. The monoisotopic (exact) mass is 418 g/mol. The van der Waals surface area contributed by atoms with E-state index in [0.29, 0.717) is 31.4 Å². The number of hydrogen-bond donors (Lipinski definition) is 2. The summed E-state index contributed by atoms with van der Waals surface area (Å²) in [7, 11) is 1.65. The third kappa shape index (κ3) is 6.54. The van der Waals surface area contributed by atoms with Gasteiger partial charge in [0.15, 0.2) is 5.96 Å². The second kappa shape index (κ2) is 9.82. The van der Waals surface area contributed by atoms with Gasteiger partial charge in [0, 0.05) is 19.2 Å². The highest BCUT2D eigenvalue weighted by Gasteiger charge is 2.30. The van der Waals surface area contributed by atoms with Gasteiger partial charge in [-0.25, -0.2) is 4.98 Å². The Morgan fingerprint density at radius 3 is 2.47 bits per heavy atom. The van der Waals surface area contributed by atoms with Crippen LogP contribution in [0.3, 0.4) is 0 Å². The predicted molar refractivity (Wildman–Crippen MR) is 107 cm³/mol. The highest BCUT2D eigenvalue weighted by molar-refractivity contribution is 5.79. The SMILES string of the molecule is CN=C(NCCc1ccc(OC(F)(F)F)cc1)NCc1coc(-c2ccccc2)n1. The molecule has 0 saturated carbocycles. The van der Waals surface area contributed by atoms with Crippen molar-refractivity contribution in [1.82, 2.24) is 15.6 Å². The van der Waals surface area contributed by atoms with E-state index in [1.807, 2.05) is 30.3 Å². The molecule has 0 fully saturated rings. The maximum absolute atomic E-state index is 12.2. The average molecular weight is 418 g/mol. The van der Waals surface area contributed by atoms with Crippen LogP contribution in [-0.4, -0.2) is 30.9 Å². The van der Waals surface area contributed by atoms with E-state index in [2.05, 4.69) is 25.3 Å². The molecule has 0 radical (unpaired) electrons. The van der Waals surface area contributed by atoms with Gasteiger partial charge in [-0.2, -0.15) is 0 Å². The van der Waals surface area contributed by atoms with E-state index in [1.165, 1.54) is 12.1 Å². The minimum absolute atomic E-state index is 0.237. The summed E-state index contributed by atoms with van der Waals surface area (Å²) in [6.45, 7) is 0.979. The minimum atomic E-state index is -4.69. The summed E-state index contributed by atoms with van der Waals surface area (Å²) < 4.78 is 45.9. The molecule has 0 amide bonds. The van der Waals surface area contributed by atoms with Gasteiger partial charge in [-0.05, 0) is 36.2 Å². The molecule has 1 heterocycles. The van der Waals surface area contributed by atoms with Crippen molar-refractivity contribution in [2.24, 2.45) is 4.99 Å². The molecule has 6 nitrogen and oxygen atoms in total. The molecule has 2 aromatic carbocycles. The fraction of sp³-hybridized carbons (Fsp3) is 0.238. The van der Waals surface area contributed by atoms with Crippen molar-refractivity contribution in [2.45, 2.75) is 19.3 Å². The number of benzene rings is 2. The summed E-state index contributed by atoms with van der Waals surface area (Å²) in [6.07, 6.45) is -2.49. The maximum Gasteiger partial charge on any atom is 0.573 e. The summed E-state index contributed by atoms with van der Waals surface area (Å²) in [6, 6.07) is 15.4. The van der Waals surface area contributed by atoms with Crippen LogP contribution in [0.25, 0.3) is 11.5 Å². The molecule has 158 valence electrons. The molecule has 0 bridgehead atoms. The van der Waals surface area contributed by atoms with Crippen molar-refractivity contribution in [3.63, 3.8) is 0 Å². The molecule has 9 heteroatoms. The number of nitrogens with one attached hydrogen (secondary N) is 2. The van der Waals surface area contributed by atoms with Gasteiger partial charge in [0.1, 0.15) is 12.0 Å². The van der Waals surface area contributed by atoms with Crippen LogP contribution in [0, 0.1) is 0 Å². The van der Waals surface area contributed by atoms with E-state index in [9.17, 15) is 13.2 Å². The highest BCUT2D eigenvalue weighted by atomic mass is 19.4. The predicted octanol–water partition coefficient (Wildman–Crippen LogP) is 4.15. The number of aromatic nitrogens is 1. The zero-order valence-electron chi connectivity index (χ0n) is 16.2. The Balaban J connectivity index is 1.44. The summed E-state index contributed by atoms with van der Waals surface area (Å²) in [5.74, 6) is 0.892. The highest BCUT2D eigenvalue weighted by Crippen LogP contribution is 2.22. The zero-order chi connectivity index (χ0) is 21.4. The number of nitrogens with zero attached hydrogens (tertiary/aromatic N) is 2. The molecule has 0 aliphatic rings. The van der Waals surface area contributed by atoms with Crippen LogP contribution in [0.4, 0.5) is 13.2 Å². The van der Waals surface area contributed by atoms with E-state index in [-0.39, 0.29) is 5.75 Å². The van der Waals surface area contributed by atoms with Crippen LogP contribution < -0.4 is 15.4 Å². The topological polar surface area (TPSA) is 71.7 Å². The van der Waals surface area contributed by atoms with Crippen LogP contribution in [0.2, 0.25) is 0 Å². The molecule has 2 N–H and O–H groups in total. The van der Waals surface area contributed by atoms with Crippen LogP contribution in [0.15, 0.2) is 70.3 Å². The molecule has 0 aliphatic carbocycles. The van der Waals surface area contributed by atoms with Crippen LogP contribution in [0.1, 0.15) is 11.3 Å². The smallest absolute Gasteiger partial charge is 0.444 e. The number of hydrogen-bond acceptors (Lipinski definition) is 4. The van der Waals surface area contributed by atoms with Crippen molar-refractivity contribution in [1.29, 1.82) is 0 Å². The number of rotatable bonds is 7. The second-order valence-electron chi connectivity index (χ2n) is 6.30. The minimum Gasteiger partial charge on any atom is -0.444 e. The molecule has 0 saturated heterocycles. The van der Waals surface area contributed by atoms with Gasteiger partial charge >= 0.3 is 6.36 Å². The quantitative estimate of drug-likeness (QED) is 0.446. The summed E-state index contributed by atoms with van der Waals surface area (Å²) in [5, 5.41) is 6.29. The van der Waals surface area contributed by atoms with Crippen LogP contribution >= 0.6 is 0 Å². The van der Waals surface area contributed by atoms with E-state index in [4.69, 9.17) is 4.42 Å². The Bertz CT molecular complexity index is 954. The van der Waals surface area contributed by atoms with E-state index in [0.717, 1.165) is 16.8 Å². The first-order valence-electron chi connectivity index (χ1n) is 9.22. The number of guanidine groups is 1. The molecule has 3 aromatic rings. The zero-order valence-corrected chi connectivity index (χ0v) is 16.2. The molecular weight excluding hydrogens is 397 g/mol. The van der Waals surface area contributed by atoms with Gasteiger partial charge in [-0.3, -0.25) is 4.99 Å². The number of alkyl halides is 3. The Labute approximate surface area is 171 Å². The number of ether oxygens (including phenoxy) is 1. The third-order valence-electron chi connectivity index (χ3n) is 4.10. The van der Waals surface area contributed by atoms with E-state index >= 15 is 0 Å². The first-order valence-corrected chi connectivity index (χ1v) is 9.22. The first kappa shape index (κ1) is 21.2. The Morgan fingerprint density at radius 1 is 1.07 bits per heavy atom. The average Bonchev–Trinajstić information content (AvgIpc) is 3.20. The first-order chi connectivity index (χ1) is 14.4. The lowest BCUT2D eigenvalue weighted by Gasteiger charge is -2.11. The normalized spacial score (nSPS) is 11.9. The Morgan fingerprint density at radius 2 is 1.80 bits per heavy atom. The fourth-order valence-electron chi connectivity index (χ4n) is 2.68. The molecule has 0 atom stereocenters. The molecule has 0 unspecified atom stereocenters. The van der Waals surface area contributed by atoms with Crippen molar-refractivity contribution in [2.75, 3.05) is 13.6 Å². The fourth-order valence-corrected chi connectivity index (χ4v) is 2.68.